The Morgan fingerprint density at radius 3 is 2.32 bits per heavy atom. The second-order valence-corrected chi connectivity index (χ2v) is 11.8. The van der Waals surface area contributed by atoms with Crippen molar-refractivity contribution in [3.05, 3.63) is 74.9 Å². The standard InChI is InChI=1S/C26H28F3N3O5S/c27-26(28,29)20-12-5-6-13-21(20)30-23(33)17-32-22-14-7-4-11-19(22)24(34)31(25(32)35)15-8-16-38(36,37)18-9-2-1-3-10-18/h4-7,11-14,18H,1-3,8-10,15-17H2,(H,30,33). The number of aromatic nitrogens is 2. The van der Waals surface area contributed by atoms with Gasteiger partial charge in [-0.15, -0.1) is 0 Å². The number of alkyl halides is 3. The molecule has 1 heterocycles. The van der Waals surface area contributed by atoms with Gasteiger partial charge in [0.1, 0.15) is 6.54 Å². The molecule has 0 atom stereocenters. The summed E-state index contributed by atoms with van der Waals surface area (Å²) in [6, 6.07) is 10.6. The van der Waals surface area contributed by atoms with Crippen LogP contribution in [-0.2, 0) is 33.9 Å². The third-order valence-corrected chi connectivity index (χ3v) is 9.16. The van der Waals surface area contributed by atoms with Crippen molar-refractivity contribution in [3.8, 4) is 0 Å². The summed E-state index contributed by atoms with van der Waals surface area (Å²) >= 11 is 0. The number of hydrogen-bond donors (Lipinski definition) is 1. The highest BCUT2D eigenvalue weighted by atomic mass is 32.2. The maximum Gasteiger partial charge on any atom is 0.418 e. The molecule has 1 amide bonds. The van der Waals surface area contributed by atoms with E-state index in [1.165, 1.54) is 24.3 Å². The first kappa shape index (κ1) is 27.6. The van der Waals surface area contributed by atoms with Crippen LogP contribution in [0.1, 0.15) is 44.1 Å². The van der Waals surface area contributed by atoms with Crippen LogP contribution in [0.15, 0.2) is 58.1 Å². The van der Waals surface area contributed by atoms with E-state index in [1.807, 2.05) is 0 Å². The monoisotopic (exact) mass is 551 g/mol. The third-order valence-electron chi connectivity index (χ3n) is 6.81. The van der Waals surface area contributed by atoms with Crippen molar-refractivity contribution in [2.45, 2.75) is 63.0 Å². The van der Waals surface area contributed by atoms with E-state index in [4.69, 9.17) is 0 Å². The lowest BCUT2D eigenvalue weighted by Crippen LogP contribution is -2.42. The summed E-state index contributed by atoms with van der Waals surface area (Å²) in [6.45, 7) is -0.820. The summed E-state index contributed by atoms with van der Waals surface area (Å²) in [5, 5.41) is 1.92. The molecule has 3 aromatic rings. The molecule has 0 unspecified atom stereocenters. The number of fused-ring (bicyclic) bond motifs is 1. The predicted octanol–water partition coefficient (Wildman–Crippen LogP) is 3.96. The highest BCUT2D eigenvalue weighted by Crippen LogP contribution is 2.34. The van der Waals surface area contributed by atoms with Crippen LogP contribution in [0.2, 0.25) is 0 Å². The number of amides is 1. The van der Waals surface area contributed by atoms with Crippen molar-refractivity contribution < 1.29 is 26.4 Å². The van der Waals surface area contributed by atoms with Gasteiger partial charge in [-0.2, -0.15) is 13.2 Å². The van der Waals surface area contributed by atoms with Crippen LogP contribution in [0.5, 0.6) is 0 Å². The minimum atomic E-state index is -4.70. The number of rotatable bonds is 8. The Morgan fingerprint density at radius 1 is 0.947 bits per heavy atom. The number of carbonyl (C=O) groups is 1. The van der Waals surface area contributed by atoms with E-state index >= 15 is 0 Å². The molecule has 0 radical (unpaired) electrons. The Hall–Kier alpha value is -3.41. The zero-order valence-electron chi connectivity index (χ0n) is 20.5. The number of carbonyl (C=O) groups excluding carboxylic acids is 1. The SMILES string of the molecule is O=C(Cn1c(=O)n(CCCS(=O)(=O)C2CCCCC2)c(=O)c2ccccc21)Nc1ccccc1C(F)(F)F. The lowest BCUT2D eigenvalue weighted by molar-refractivity contribution is -0.137. The fourth-order valence-electron chi connectivity index (χ4n) is 4.91. The van der Waals surface area contributed by atoms with Crippen LogP contribution in [-0.4, -0.2) is 34.5 Å². The number of benzene rings is 2. The Kier molecular flexibility index (Phi) is 8.10. The molecule has 204 valence electrons. The summed E-state index contributed by atoms with van der Waals surface area (Å²) in [5.74, 6) is -1.07. The maximum absolute atomic E-state index is 13.3. The van der Waals surface area contributed by atoms with Crippen LogP contribution >= 0.6 is 0 Å². The van der Waals surface area contributed by atoms with Gasteiger partial charge in [0.25, 0.3) is 5.56 Å². The van der Waals surface area contributed by atoms with Gasteiger partial charge in [0.2, 0.25) is 5.91 Å². The highest BCUT2D eigenvalue weighted by molar-refractivity contribution is 7.92. The molecule has 0 spiro atoms. The van der Waals surface area contributed by atoms with Gasteiger partial charge in [-0.1, -0.05) is 43.5 Å². The zero-order valence-corrected chi connectivity index (χ0v) is 21.4. The second kappa shape index (κ2) is 11.1. The number of anilines is 1. The van der Waals surface area contributed by atoms with Crippen molar-refractivity contribution in [3.63, 3.8) is 0 Å². The van der Waals surface area contributed by atoms with Gasteiger partial charge in [0, 0.05) is 6.54 Å². The third kappa shape index (κ3) is 6.01. The Balaban J connectivity index is 1.60. The van der Waals surface area contributed by atoms with E-state index in [9.17, 15) is 36.0 Å². The molecule has 1 fully saturated rings. The lowest BCUT2D eigenvalue weighted by Gasteiger charge is -2.21. The first-order valence-electron chi connectivity index (χ1n) is 12.4. The van der Waals surface area contributed by atoms with Gasteiger partial charge < -0.3 is 5.32 Å². The van der Waals surface area contributed by atoms with E-state index < -0.39 is 56.2 Å². The Bertz CT molecular complexity index is 1550. The van der Waals surface area contributed by atoms with Crippen molar-refractivity contribution in [2.24, 2.45) is 0 Å². The topological polar surface area (TPSA) is 107 Å². The molecule has 1 aliphatic carbocycles. The van der Waals surface area contributed by atoms with Crippen molar-refractivity contribution >= 4 is 32.3 Å². The number of para-hydroxylation sites is 2. The smallest absolute Gasteiger partial charge is 0.324 e. The van der Waals surface area contributed by atoms with Crippen LogP contribution < -0.4 is 16.6 Å². The first-order valence-corrected chi connectivity index (χ1v) is 14.1. The molecule has 0 bridgehead atoms. The normalized spacial score (nSPS) is 15.0. The molecular formula is C26H28F3N3O5S. The number of hydrogen-bond acceptors (Lipinski definition) is 5. The molecular weight excluding hydrogens is 523 g/mol. The predicted molar refractivity (Wildman–Crippen MR) is 138 cm³/mol. The lowest BCUT2D eigenvalue weighted by atomic mass is 10.0. The second-order valence-electron chi connectivity index (χ2n) is 9.41. The van der Waals surface area contributed by atoms with Gasteiger partial charge in [-0.05, 0) is 43.5 Å². The number of nitrogens with one attached hydrogen (secondary N) is 1. The van der Waals surface area contributed by atoms with E-state index in [1.54, 1.807) is 12.1 Å². The fraction of sp³-hybridized carbons (Fsp3) is 0.423. The van der Waals surface area contributed by atoms with Crippen molar-refractivity contribution in [2.75, 3.05) is 11.1 Å². The van der Waals surface area contributed by atoms with Gasteiger partial charge in [-0.25, -0.2) is 13.2 Å². The molecule has 2 aromatic carbocycles. The molecule has 1 aliphatic rings. The van der Waals surface area contributed by atoms with Crippen molar-refractivity contribution in [1.82, 2.24) is 9.13 Å². The Morgan fingerprint density at radius 2 is 1.61 bits per heavy atom. The minimum Gasteiger partial charge on any atom is -0.324 e. The minimum absolute atomic E-state index is 0.0392. The van der Waals surface area contributed by atoms with Gasteiger partial charge >= 0.3 is 11.9 Å². The van der Waals surface area contributed by atoms with Gasteiger partial charge in [0.05, 0.1) is 33.2 Å². The van der Waals surface area contributed by atoms with Crippen LogP contribution in [0.3, 0.4) is 0 Å². The van der Waals surface area contributed by atoms with Gasteiger partial charge in [0.15, 0.2) is 9.84 Å². The molecule has 0 aliphatic heterocycles. The summed E-state index contributed by atoms with van der Waals surface area (Å²) in [4.78, 5) is 39.1. The van der Waals surface area contributed by atoms with E-state index in [0.717, 1.165) is 40.5 Å². The van der Waals surface area contributed by atoms with E-state index in [0.29, 0.717) is 12.8 Å². The molecule has 1 saturated carbocycles. The molecule has 1 N–H and O–H groups in total. The number of halogens is 3. The molecule has 38 heavy (non-hydrogen) atoms. The Labute approximate surface area is 217 Å². The van der Waals surface area contributed by atoms with Crippen molar-refractivity contribution in [1.29, 1.82) is 0 Å². The van der Waals surface area contributed by atoms with Gasteiger partial charge in [-0.3, -0.25) is 18.7 Å². The summed E-state index contributed by atoms with van der Waals surface area (Å²) in [7, 11) is -3.38. The quantitative estimate of drug-likeness (QED) is 0.456. The number of nitrogens with zero attached hydrogens (tertiary/aromatic N) is 2. The molecule has 8 nitrogen and oxygen atoms in total. The largest absolute Gasteiger partial charge is 0.418 e. The average molecular weight is 552 g/mol. The average Bonchev–Trinajstić information content (AvgIpc) is 2.89. The summed E-state index contributed by atoms with van der Waals surface area (Å²) in [5.41, 5.74) is -2.81. The fourth-order valence-corrected chi connectivity index (χ4v) is 6.82. The maximum atomic E-state index is 13.3. The molecule has 0 saturated heterocycles. The molecule has 12 heteroatoms. The molecule has 1 aromatic heterocycles. The first-order chi connectivity index (χ1) is 18.0. The summed E-state index contributed by atoms with van der Waals surface area (Å²) in [6.07, 6.45) is -0.721. The van der Waals surface area contributed by atoms with E-state index in [-0.39, 0.29) is 29.6 Å². The zero-order chi connectivity index (χ0) is 27.5. The van der Waals surface area contributed by atoms with Crippen LogP contribution in [0.25, 0.3) is 10.9 Å². The molecule has 4 rings (SSSR count). The van der Waals surface area contributed by atoms with Crippen LogP contribution in [0.4, 0.5) is 18.9 Å². The number of sulfone groups is 1. The van der Waals surface area contributed by atoms with E-state index in [2.05, 4.69) is 5.32 Å². The summed E-state index contributed by atoms with van der Waals surface area (Å²) < 4.78 is 67.4. The van der Waals surface area contributed by atoms with Crippen LogP contribution in [0, 0.1) is 0 Å². The highest BCUT2D eigenvalue weighted by Gasteiger charge is 2.33.